The van der Waals surface area contributed by atoms with Crippen molar-refractivity contribution in [3.05, 3.63) is 64.2 Å². The zero-order chi connectivity index (χ0) is 21.2. The van der Waals surface area contributed by atoms with Crippen LogP contribution in [0.1, 0.15) is 30.1 Å². The minimum Gasteiger partial charge on any atom is -0.494 e. The van der Waals surface area contributed by atoms with Gasteiger partial charge in [-0.2, -0.15) is 0 Å². The third-order valence-electron chi connectivity index (χ3n) is 4.03. The average Bonchev–Trinajstić information content (AvgIpc) is 2.72. The normalized spacial score (nSPS) is 10.3. The van der Waals surface area contributed by atoms with E-state index in [1.165, 1.54) is 23.1 Å². The SMILES string of the molecule is CCOc1ccc(N(CCCCO)C(=O)NC(=O)c2cccc([N+](=O)[O-])c2)cc1. The lowest BCUT2D eigenvalue weighted by atomic mass is 10.2. The van der Waals surface area contributed by atoms with Crippen molar-refractivity contribution in [1.82, 2.24) is 5.32 Å². The molecule has 2 N–H and O–H groups in total. The second-order valence-corrected chi connectivity index (χ2v) is 6.08. The molecule has 0 fully saturated rings. The Labute approximate surface area is 168 Å². The highest BCUT2D eigenvalue weighted by atomic mass is 16.6. The molecule has 0 atom stereocenters. The van der Waals surface area contributed by atoms with Gasteiger partial charge in [0.1, 0.15) is 5.75 Å². The molecule has 9 nitrogen and oxygen atoms in total. The summed E-state index contributed by atoms with van der Waals surface area (Å²) >= 11 is 0. The Kier molecular flexibility index (Phi) is 8.11. The second-order valence-electron chi connectivity index (χ2n) is 6.08. The number of anilines is 1. The fourth-order valence-corrected chi connectivity index (χ4v) is 2.62. The summed E-state index contributed by atoms with van der Waals surface area (Å²) in [6.45, 7) is 2.65. The first-order valence-electron chi connectivity index (χ1n) is 9.17. The second kappa shape index (κ2) is 10.8. The summed E-state index contributed by atoms with van der Waals surface area (Å²) < 4.78 is 5.39. The van der Waals surface area contributed by atoms with Gasteiger partial charge in [-0.1, -0.05) is 6.07 Å². The molecular weight excluding hydrogens is 378 g/mol. The first-order chi connectivity index (χ1) is 14.0. The van der Waals surface area contributed by atoms with E-state index in [4.69, 9.17) is 9.84 Å². The number of ether oxygens (including phenoxy) is 1. The van der Waals surface area contributed by atoms with Crippen molar-refractivity contribution in [2.45, 2.75) is 19.8 Å². The highest BCUT2D eigenvalue weighted by Gasteiger charge is 2.20. The highest BCUT2D eigenvalue weighted by Crippen LogP contribution is 2.20. The molecule has 3 amide bonds. The molecule has 0 aliphatic heterocycles. The van der Waals surface area contributed by atoms with Crippen molar-refractivity contribution in [2.75, 3.05) is 24.7 Å². The minimum atomic E-state index is -0.739. The number of nitrogens with one attached hydrogen (secondary N) is 1. The van der Waals surface area contributed by atoms with Crippen molar-refractivity contribution in [2.24, 2.45) is 0 Å². The zero-order valence-corrected chi connectivity index (χ0v) is 16.0. The van der Waals surface area contributed by atoms with E-state index in [9.17, 15) is 19.7 Å². The molecular formula is C20H23N3O6. The van der Waals surface area contributed by atoms with Crippen LogP contribution in [0.2, 0.25) is 0 Å². The smallest absolute Gasteiger partial charge is 0.328 e. The Morgan fingerprint density at radius 1 is 1.17 bits per heavy atom. The molecule has 0 aliphatic rings. The molecule has 0 aromatic heterocycles. The number of hydrogen-bond acceptors (Lipinski definition) is 6. The number of unbranched alkanes of at least 4 members (excludes halogenated alkanes) is 1. The lowest BCUT2D eigenvalue weighted by Crippen LogP contribution is -2.43. The lowest BCUT2D eigenvalue weighted by Gasteiger charge is -2.23. The van der Waals surface area contributed by atoms with E-state index in [0.29, 0.717) is 30.9 Å². The monoisotopic (exact) mass is 401 g/mol. The van der Waals surface area contributed by atoms with Crippen LogP contribution in [0.5, 0.6) is 5.75 Å². The number of aliphatic hydroxyl groups is 1. The molecule has 154 valence electrons. The number of rotatable bonds is 9. The minimum absolute atomic E-state index is 0.00858. The third-order valence-corrected chi connectivity index (χ3v) is 4.03. The molecule has 29 heavy (non-hydrogen) atoms. The van der Waals surface area contributed by atoms with Crippen molar-refractivity contribution >= 4 is 23.3 Å². The number of aliphatic hydroxyl groups excluding tert-OH is 1. The summed E-state index contributed by atoms with van der Waals surface area (Å²) in [6, 6.07) is 11.3. The third kappa shape index (κ3) is 6.28. The van der Waals surface area contributed by atoms with Gasteiger partial charge in [0.25, 0.3) is 11.6 Å². The van der Waals surface area contributed by atoms with Crippen LogP contribution in [-0.2, 0) is 0 Å². The molecule has 0 bridgehead atoms. The summed E-state index contributed by atoms with van der Waals surface area (Å²) in [7, 11) is 0. The van der Waals surface area contributed by atoms with E-state index < -0.39 is 16.9 Å². The van der Waals surface area contributed by atoms with Gasteiger partial charge in [0.2, 0.25) is 0 Å². The molecule has 0 spiro atoms. The number of amides is 3. The number of urea groups is 1. The molecule has 0 unspecified atom stereocenters. The average molecular weight is 401 g/mol. The van der Waals surface area contributed by atoms with E-state index in [1.807, 2.05) is 6.92 Å². The van der Waals surface area contributed by atoms with Crippen LogP contribution in [0, 0.1) is 10.1 Å². The number of benzene rings is 2. The van der Waals surface area contributed by atoms with Crippen LogP contribution in [0.25, 0.3) is 0 Å². The van der Waals surface area contributed by atoms with Crippen LogP contribution >= 0.6 is 0 Å². The number of nitro groups is 1. The van der Waals surface area contributed by atoms with Crippen LogP contribution in [0.3, 0.4) is 0 Å². The first kappa shape index (κ1) is 21.8. The number of nitro benzene ring substituents is 1. The predicted molar refractivity (Wildman–Crippen MR) is 107 cm³/mol. The van der Waals surface area contributed by atoms with Crippen molar-refractivity contribution in [1.29, 1.82) is 0 Å². The number of imide groups is 1. The van der Waals surface area contributed by atoms with Crippen LogP contribution in [0.4, 0.5) is 16.2 Å². The standard InChI is InChI=1S/C20H23N3O6/c1-2-29-18-10-8-16(9-11-18)22(12-3-4-13-24)20(26)21-19(25)15-6-5-7-17(14-15)23(27)28/h5-11,14,24H,2-4,12-13H2,1H3,(H,21,25,26). The number of nitrogens with zero attached hydrogens (tertiary/aromatic N) is 2. The Bertz CT molecular complexity index is 854. The summed E-state index contributed by atoms with van der Waals surface area (Å²) in [4.78, 5) is 36.8. The highest BCUT2D eigenvalue weighted by molar-refractivity contribution is 6.09. The molecule has 2 aromatic rings. The van der Waals surface area contributed by atoms with Crippen molar-refractivity contribution in [3.8, 4) is 5.75 Å². The van der Waals surface area contributed by atoms with Gasteiger partial charge in [-0.25, -0.2) is 4.79 Å². The topological polar surface area (TPSA) is 122 Å². The lowest BCUT2D eigenvalue weighted by molar-refractivity contribution is -0.384. The largest absolute Gasteiger partial charge is 0.494 e. The van der Waals surface area contributed by atoms with E-state index in [0.717, 1.165) is 6.07 Å². The van der Waals surface area contributed by atoms with Gasteiger partial charge < -0.3 is 9.84 Å². The Morgan fingerprint density at radius 2 is 1.90 bits per heavy atom. The van der Waals surface area contributed by atoms with Gasteiger partial charge in [-0.3, -0.25) is 25.1 Å². The molecule has 0 aliphatic carbocycles. The number of hydrogen-bond donors (Lipinski definition) is 2. The predicted octanol–water partition coefficient (Wildman–Crippen LogP) is 3.12. The zero-order valence-electron chi connectivity index (χ0n) is 16.0. The Morgan fingerprint density at radius 3 is 2.52 bits per heavy atom. The van der Waals surface area contributed by atoms with Crippen LogP contribution in [-0.4, -0.2) is 41.7 Å². The fraction of sp³-hybridized carbons (Fsp3) is 0.300. The van der Waals surface area contributed by atoms with Crippen LogP contribution in [0.15, 0.2) is 48.5 Å². The van der Waals surface area contributed by atoms with Gasteiger partial charge in [0.15, 0.2) is 0 Å². The van der Waals surface area contributed by atoms with Crippen LogP contribution < -0.4 is 15.0 Å². The van der Waals surface area contributed by atoms with Crippen molar-refractivity contribution in [3.63, 3.8) is 0 Å². The molecule has 9 heteroatoms. The quantitative estimate of drug-likeness (QED) is 0.378. The Balaban J connectivity index is 2.16. The van der Waals surface area contributed by atoms with Gasteiger partial charge in [0.05, 0.1) is 11.5 Å². The molecule has 0 saturated heterocycles. The van der Waals surface area contributed by atoms with Gasteiger partial charge in [-0.05, 0) is 50.1 Å². The summed E-state index contributed by atoms with van der Waals surface area (Å²) in [6.07, 6.45) is 1.03. The van der Waals surface area contributed by atoms with E-state index in [2.05, 4.69) is 5.32 Å². The number of carbonyl (C=O) groups excluding carboxylic acids is 2. The van der Waals surface area contributed by atoms with Crippen molar-refractivity contribution < 1.29 is 24.4 Å². The van der Waals surface area contributed by atoms with E-state index in [1.54, 1.807) is 24.3 Å². The van der Waals surface area contributed by atoms with Gasteiger partial charge in [0, 0.05) is 36.5 Å². The molecule has 0 saturated carbocycles. The fourth-order valence-electron chi connectivity index (χ4n) is 2.62. The maximum atomic E-state index is 12.7. The molecule has 0 radical (unpaired) electrons. The maximum absolute atomic E-state index is 12.7. The molecule has 2 aromatic carbocycles. The first-order valence-corrected chi connectivity index (χ1v) is 9.17. The van der Waals surface area contributed by atoms with E-state index >= 15 is 0 Å². The number of non-ortho nitro benzene ring substituents is 1. The summed E-state index contributed by atoms with van der Waals surface area (Å²) in [5.74, 6) is -0.0866. The Hall–Kier alpha value is -3.46. The van der Waals surface area contributed by atoms with Gasteiger partial charge >= 0.3 is 6.03 Å². The summed E-state index contributed by atoms with van der Waals surface area (Å²) in [5, 5.41) is 22.1. The van der Waals surface area contributed by atoms with E-state index in [-0.39, 0.29) is 24.4 Å². The molecule has 0 heterocycles. The molecule has 2 rings (SSSR count). The summed E-state index contributed by atoms with van der Waals surface area (Å²) in [5.41, 5.74) is 0.321. The maximum Gasteiger partial charge on any atom is 0.328 e. The van der Waals surface area contributed by atoms with Gasteiger partial charge in [-0.15, -0.1) is 0 Å². The number of carbonyl (C=O) groups is 2.